The molecule has 1 aromatic rings. The van der Waals surface area contributed by atoms with E-state index < -0.39 is 5.97 Å². The van der Waals surface area contributed by atoms with Gasteiger partial charge >= 0.3 is 5.97 Å². The highest BCUT2D eigenvalue weighted by Gasteiger charge is 2.20. The molecule has 1 aliphatic rings. The van der Waals surface area contributed by atoms with Crippen LogP contribution in [0, 0.1) is 5.92 Å². The summed E-state index contributed by atoms with van der Waals surface area (Å²) in [6.45, 7) is 1.88. The zero-order valence-corrected chi connectivity index (χ0v) is 10.8. The SMILES string of the molecule is CC(CC(=O)O)CC(N)c1ccc2c(c1)CC(=O)N2. The molecule has 2 atom stereocenters. The van der Waals surface area contributed by atoms with Crippen LogP contribution in [0.3, 0.4) is 0 Å². The summed E-state index contributed by atoms with van der Waals surface area (Å²) < 4.78 is 0. The summed E-state index contributed by atoms with van der Waals surface area (Å²) in [6.07, 6.45) is 1.13. The van der Waals surface area contributed by atoms with Crippen LogP contribution >= 0.6 is 0 Å². The van der Waals surface area contributed by atoms with Gasteiger partial charge in [0.25, 0.3) is 0 Å². The molecule has 2 unspecified atom stereocenters. The number of amides is 1. The number of fused-ring (bicyclic) bond motifs is 1. The van der Waals surface area contributed by atoms with Crippen molar-refractivity contribution in [3.8, 4) is 0 Å². The van der Waals surface area contributed by atoms with Crippen molar-refractivity contribution in [2.75, 3.05) is 5.32 Å². The Balaban J connectivity index is 2.04. The number of benzene rings is 1. The minimum absolute atomic E-state index is 0.0000308. The van der Waals surface area contributed by atoms with Gasteiger partial charge in [0.2, 0.25) is 5.91 Å². The second-order valence-corrected chi connectivity index (χ2v) is 5.19. The number of carboxylic acid groups (broad SMARTS) is 1. The third-order valence-electron chi connectivity index (χ3n) is 3.36. The molecular weight excluding hydrogens is 244 g/mol. The first kappa shape index (κ1) is 13.5. The van der Waals surface area contributed by atoms with E-state index in [-0.39, 0.29) is 24.3 Å². The maximum atomic E-state index is 11.3. The summed E-state index contributed by atoms with van der Waals surface area (Å²) in [5, 5.41) is 11.5. The van der Waals surface area contributed by atoms with Crippen molar-refractivity contribution in [2.24, 2.45) is 11.7 Å². The molecule has 19 heavy (non-hydrogen) atoms. The summed E-state index contributed by atoms with van der Waals surface area (Å²) in [7, 11) is 0. The molecule has 0 aromatic heterocycles. The zero-order chi connectivity index (χ0) is 14.0. The molecule has 102 valence electrons. The van der Waals surface area contributed by atoms with Gasteiger partial charge < -0.3 is 16.2 Å². The second-order valence-electron chi connectivity index (χ2n) is 5.19. The van der Waals surface area contributed by atoms with E-state index >= 15 is 0 Å². The maximum Gasteiger partial charge on any atom is 0.303 e. The average molecular weight is 262 g/mol. The third-order valence-corrected chi connectivity index (χ3v) is 3.36. The highest BCUT2D eigenvalue weighted by Crippen LogP contribution is 2.28. The molecule has 0 aliphatic carbocycles. The van der Waals surface area contributed by atoms with E-state index in [1.54, 1.807) is 0 Å². The fourth-order valence-electron chi connectivity index (χ4n) is 2.43. The fraction of sp³-hybridized carbons (Fsp3) is 0.429. The second kappa shape index (κ2) is 5.40. The Labute approximate surface area is 111 Å². The lowest BCUT2D eigenvalue weighted by Gasteiger charge is -2.17. The molecule has 5 heteroatoms. The van der Waals surface area contributed by atoms with Crippen molar-refractivity contribution < 1.29 is 14.7 Å². The Hall–Kier alpha value is -1.88. The van der Waals surface area contributed by atoms with E-state index in [4.69, 9.17) is 10.8 Å². The first-order valence-corrected chi connectivity index (χ1v) is 6.35. The van der Waals surface area contributed by atoms with Crippen molar-refractivity contribution in [3.63, 3.8) is 0 Å². The van der Waals surface area contributed by atoms with Gasteiger partial charge in [-0.3, -0.25) is 9.59 Å². The first-order chi connectivity index (χ1) is 8.95. The van der Waals surface area contributed by atoms with E-state index in [9.17, 15) is 9.59 Å². The van der Waals surface area contributed by atoms with Crippen LogP contribution in [0.15, 0.2) is 18.2 Å². The predicted octanol–water partition coefficient (Wildman–Crippen LogP) is 1.68. The topological polar surface area (TPSA) is 92.4 Å². The van der Waals surface area contributed by atoms with Crippen molar-refractivity contribution in [2.45, 2.75) is 32.2 Å². The monoisotopic (exact) mass is 262 g/mol. The van der Waals surface area contributed by atoms with Crippen molar-refractivity contribution in [3.05, 3.63) is 29.3 Å². The van der Waals surface area contributed by atoms with Crippen molar-refractivity contribution in [1.82, 2.24) is 0 Å². The lowest BCUT2D eigenvalue weighted by molar-refractivity contribution is -0.138. The summed E-state index contributed by atoms with van der Waals surface area (Å²) in [5.74, 6) is -0.774. The van der Waals surface area contributed by atoms with Gasteiger partial charge in [0.05, 0.1) is 6.42 Å². The molecule has 5 nitrogen and oxygen atoms in total. The maximum absolute atomic E-state index is 11.3. The number of hydrogen-bond acceptors (Lipinski definition) is 3. The van der Waals surface area contributed by atoms with Crippen LogP contribution in [0.2, 0.25) is 0 Å². The minimum Gasteiger partial charge on any atom is -0.481 e. The third kappa shape index (κ3) is 3.32. The van der Waals surface area contributed by atoms with Crippen molar-refractivity contribution in [1.29, 1.82) is 0 Å². The average Bonchev–Trinajstić information content (AvgIpc) is 2.66. The number of hydrogen-bond donors (Lipinski definition) is 3. The van der Waals surface area contributed by atoms with E-state index in [1.165, 1.54) is 0 Å². The van der Waals surface area contributed by atoms with E-state index in [0.717, 1.165) is 16.8 Å². The number of carboxylic acids is 1. The number of anilines is 1. The van der Waals surface area contributed by atoms with Crippen LogP contribution in [0.5, 0.6) is 0 Å². The van der Waals surface area contributed by atoms with Gasteiger partial charge in [-0.2, -0.15) is 0 Å². The summed E-state index contributed by atoms with van der Waals surface area (Å²) in [6, 6.07) is 5.49. The number of carbonyl (C=O) groups excluding carboxylic acids is 1. The highest BCUT2D eigenvalue weighted by atomic mass is 16.4. The zero-order valence-electron chi connectivity index (χ0n) is 10.8. The lowest BCUT2D eigenvalue weighted by Crippen LogP contribution is -2.16. The number of rotatable bonds is 5. The smallest absolute Gasteiger partial charge is 0.303 e. The molecule has 4 N–H and O–H groups in total. The predicted molar refractivity (Wildman–Crippen MR) is 71.7 cm³/mol. The highest BCUT2D eigenvalue weighted by molar-refractivity contribution is 5.99. The Morgan fingerprint density at radius 3 is 2.95 bits per heavy atom. The van der Waals surface area contributed by atoms with Crippen LogP contribution < -0.4 is 11.1 Å². The van der Waals surface area contributed by atoms with E-state index in [2.05, 4.69) is 5.32 Å². The van der Waals surface area contributed by atoms with Gasteiger partial charge in [-0.15, -0.1) is 0 Å². The van der Waals surface area contributed by atoms with Gasteiger partial charge in [0.1, 0.15) is 0 Å². The molecule has 0 saturated heterocycles. The minimum atomic E-state index is -0.802. The van der Waals surface area contributed by atoms with Gasteiger partial charge in [0, 0.05) is 18.2 Å². The van der Waals surface area contributed by atoms with Crippen LogP contribution in [0.4, 0.5) is 5.69 Å². The Morgan fingerprint density at radius 1 is 1.53 bits per heavy atom. The largest absolute Gasteiger partial charge is 0.481 e. The van der Waals surface area contributed by atoms with Crippen LogP contribution in [0.25, 0.3) is 0 Å². The fourth-order valence-corrected chi connectivity index (χ4v) is 2.43. The molecule has 1 amide bonds. The number of aliphatic carboxylic acids is 1. The summed E-state index contributed by atoms with van der Waals surface area (Å²) in [5.41, 5.74) is 8.86. The lowest BCUT2D eigenvalue weighted by atomic mass is 9.93. The van der Waals surface area contributed by atoms with Crippen LogP contribution in [-0.2, 0) is 16.0 Å². The molecule has 1 aromatic carbocycles. The van der Waals surface area contributed by atoms with Gasteiger partial charge in [-0.1, -0.05) is 19.1 Å². The molecule has 0 saturated carbocycles. The number of nitrogens with two attached hydrogens (primary N) is 1. The normalized spacial score (nSPS) is 16.6. The molecule has 0 bridgehead atoms. The summed E-state index contributed by atoms with van der Waals surface area (Å²) in [4.78, 5) is 21.9. The molecule has 2 rings (SSSR count). The molecular formula is C14H18N2O3. The Morgan fingerprint density at radius 2 is 2.26 bits per heavy atom. The van der Waals surface area contributed by atoms with Crippen molar-refractivity contribution >= 4 is 17.6 Å². The summed E-state index contributed by atoms with van der Waals surface area (Å²) >= 11 is 0. The van der Waals surface area contributed by atoms with Gasteiger partial charge in [-0.25, -0.2) is 0 Å². The molecule has 1 aliphatic heterocycles. The Kier molecular flexibility index (Phi) is 3.85. The number of carbonyl (C=O) groups is 2. The quantitative estimate of drug-likeness (QED) is 0.752. The molecule has 0 spiro atoms. The molecule has 1 heterocycles. The molecule has 0 fully saturated rings. The number of nitrogens with one attached hydrogen (secondary N) is 1. The first-order valence-electron chi connectivity index (χ1n) is 6.35. The van der Waals surface area contributed by atoms with Crippen LogP contribution in [-0.4, -0.2) is 17.0 Å². The van der Waals surface area contributed by atoms with Gasteiger partial charge in [0.15, 0.2) is 0 Å². The molecule has 0 radical (unpaired) electrons. The van der Waals surface area contributed by atoms with Crippen LogP contribution in [0.1, 0.15) is 36.9 Å². The van der Waals surface area contributed by atoms with Gasteiger partial charge in [-0.05, 0) is 29.5 Å². The van der Waals surface area contributed by atoms with E-state index in [1.807, 2.05) is 25.1 Å². The standard InChI is InChI=1S/C14H18N2O3/c1-8(5-14(18)19)4-11(15)9-2-3-12-10(6-9)7-13(17)16-12/h2-3,6,8,11H,4-5,7,15H2,1H3,(H,16,17)(H,18,19). The van der Waals surface area contributed by atoms with E-state index in [0.29, 0.717) is 12.8 Å². The Bertz CT molecular complexity index is 513.